The van der Waals surface area contributed by atoms with Gasteiger partial charge >= 0.3 is 0 Å². The van der Waals surface area contributed by atoms with Crippen molar-refractivity contribution in [1.82, 2.24) is 14.5 Å². The van der Waals surface area contributed by atoms with E-state index in [9.17, 15) is 5.26 Å². The van der Waals surface area contributed by atoms with E-state index in [1.807, 2.05) is 23.6 Å². The van der Waals surface area contributed by atoms with Crippen LogP contribution in [0.3, 0.4) is 0 Å². The fourth-order valence-corrected chi connectivity index (χ4v) is 4.69. The highest BCUT2D eigenvalue weighted by Crippen LogP contribution is 2.36. The van der Waals surface area contributed by atoms with Gasteiger partial charge in [-0.25, -0.2) is 4.98 Å². The molecule has 0 N–H and O–H groups in total. The molecular formula is C26H25N5O. The Balaban J connectivity index is 1.57. The molecule has 6 nitrogen and oxygen atoms in total. The Labute approximate surface area is 187 Å². The number of hydrogen-bond acceptors (Lipinski definition) is 5. The summed E-state index contributed by atoms with van der Waals surface area (Å²) in [5, 5.41) is 9.47. The number of hydrogen-bond donors (Lipinski definition) is 0. The van der Waals surface area contributed by atoms with Gasteiger partial charge in [-0.1, -0.05) is 30.3 Å². The molecule has 160 valence electrons. The maximum atomic E-state index is 9.47. The summed E-state index contributed by atoms with van der Waals surface area (Å²) in [7, 11) is 1.65. The molecule has 2 aromatic heterocycles. The van der Waals surface area contributed by atoms with Gasteiger partial charge in [0.2, 0.25) is 0 Å². The Bertz CT molecular complexity index is 1360. The number of para-hydroxylation sites is 1. The van der Waals surface area contributed by atoms with Gasteiger partial charge in [0, 0.05) is 17.1 Å². The van der Waals surface area contributed by atoms with E-state index in [0.717, 1.165) is 52.2 Å². The fraction of sp³-hybridized carbons (Fsp3) is 0.269. The van der Waals surface area contributed by atoms with Crippen LogP contribution in [0.15, 0.2) is 48.5 Å². The van der Waals surface area contributed by atoms with Crippen LogP contribution in [0, 0.1) is 25.2 Å². The summed E-state index contributed by atoms with van der Waals surface area (Å²) in [5.41, 5.74) is 9.68. The second-order valence-electron chi connectivity index (χ2n) is 8.27. The van der Waals surface area contributed by atoms with Gasteiger partial charge in [-0.05, 0) is 67.1 Å². The van der Waals surface area contributed by atoms with Crippen LogP contribution in [0.2, 0.25) is 0 Å². The van der Waals surface area contributed by atoms with Crippen LogP contribution >= 0.6 is 0 Å². The average molecular weight is 424 g/mol. The van der Waals surface area contributed by atoms with E-state index < -0.39 is 0 Å². The van der Waals surface area contributed by atoms with E-state index >= 15 is 0 Å². The van der Waals surface area contributed by atoms with Crippen molar-refractivity contribution in [3.8, 4) is 12.1 Å². The van der Waals surface area contributed by atoms with Crippen LogP contribution in [0.25, 0.3) is 11.2 Å². The topological polar surface area (TPSA) is 67.0 Å². The van der Waals surface area contributed by atoms with Gasteiger partial charge in [-0.15, -0.1) is 0 Å². The van der Waals surface area contributed by atoms with Gasteiger partial charge in [-0.2, -0.15) is 10.2 Å². The second-order valence-corrected chi connectivity index (χ2v) is 8.27. The molecule has 0 aliphatic carbocycles. The molecular weight excluding hydrogens is 398 g/mol. The molecule has 0 atom stereocenters. The molecule has 4 aromatic rings. The number of nitrogens with zero attached hydrogens (tertiary/aromatic N) is 5. The largest absolute Gasteiger partial charge is 0.468 e. The van der Waals surface area contributed by atoms with E-state index in [4.69, 9.17) is 9.72 Å². The number of nitriles is 1. The molecule has 0 radical (unpaired) electrons. The first-order valence-electron chi connectivity index (χ1n) is 10.8. The van der Waals surface area contributed by atoms with Crippen molar-refractivity contribution in [2.24, 2.45) is 0 Å². The lowest BCUT2D eigenvalue weighted by Gasteiger charge is -2.24. The van der Waals surface area contributed by atoms with Crippen molar-refractivity contribution < 1.29 is 4.74 Å². The third-order valence-corrected chi connectivity index (χ3v) is 6.12. The molecule has 0 amide bonds. The Morgan fingerprint density at radius 1 is 1.00 bits per heavy atom. The first-order valence-corrected chi connectivity index (χ1v) is 10.8. The maximum absolute atomic E-state index is 9.47. The molecule has 0 spiro atoms. The summed E-state index contributed by atoms with van der Waals surface area (Å²) in [6.07, 6.45) is 1.88. The number of fused-ring (bicyclic) bond motifs is 3. The summed E-state index contributed by atoms with van der Waals surface area (Å²) < 4.78 is 7.63. The fourth-order valence-electron chi connectivity index (χ4n) is 4.69. The Hall–Kier alpha value is -3.85. The lowest BCUT2D eigenvalue weighted by Crippen LogP contribution is -2.18. The van der Waals surface area contributed by atoms with Gasteiger partial charge in [0.15, 0.2) is 5.65 Å². The molecule has 2 aromatic carbocycles. The molecule has 32 heavy (non-hydrogen) atoms. The molecule has 0 saturated heterocycles. The predicted octanol–water partition coefficient (Wildman–Crippen LogP) is 4.87. The number of ether oxygens (including phenoxy) is 1. The van der Waals surface area contributed by atoms with Crippen molar-refractivity contribution in [2.75, 3.05) is 18.6 Å². The standard InChI is InChI=1S/C26H25N5O/c1-17-14-18(2)28-25-24(17)29-26(32-3)31(25)16-19-8-11-23-21(15-19)10-9-20-6-4-5-7-22(20)30(23)13-12-27/h4-8,11,14-15H,9-10,13,16H2,1-3H3. The van der Waals surface area contributed by atoms with Gasteiger partial charge < -0.3 is 9.64 Å². The lowest BCUT2D eigenvalue weighted by molar-refractivity contribution is 0.363. The number of rotatable bonds is 4. The minimum atomic E-state index is 0.325. The van der Waals surface area contributed by atoms with Crippen molar-refractivity contribution in [2.45, 2.75) is 33.2 Å². The molecule has 1 aliphatic heterocycles. The monoisotopic (exact) mass is 423 g/mol. The van der Waals surface area contributed by atoms with Crippen LogP contribution in [-0.2, 0) is 19.4 Å². The smallest absolute Gasteiger partial charge is 0.298 e. The zero-order valence-corrected chi connectivity index (χ0v) is 18.6. The van der Waals surface area contributed by atoms with E-state index in [-0.39, 0.29) is 0 Å². The number of aromatic nitrogens is 3. The van der Waals surface area contributed by atoms with Crippen LogP contribution in [-0.4, -0.2) is 28.2 Å². The summed E-state index contributed by atoms with van der Waals surface area (Å²) in [5.74, 6) is 0. The van der Waals surface area contributed by atoms with Crippen LogP contribution in [0.5, 0.6) is 6.01 Å². The number of methoxy groups -OCH3 is 1. The van der Waals surface area contributed by atoms with Crippen LogP contribution in [0.1, 0.15) is 27.9 Å². The molecule has 1 aliphatic rings. The maximum Gasteiger partial charge on any atom is 0.298 e. The first kappa shape index (κ1) is 20.1. The van der Waals surface area contributed by atoms with E-state index in [2.05, 4.69) is 59.3 Å². The lowest BCUT2D eigenvalue weighted by atomic mass is 10.0. The van der Waals surface area contributed by atoms with Crippen molar-refractivity contribution >= 4 is 22.5 Å². The number of aryl methyl sites for hydroxylation is 4. The minimum absolute atomic E-state index is 0.325. The van der Waals surface area contributed by atoms with Crippen molar-refractivity contribution in [3.05, 3.63) is 76.5 Å². The molecule has 0 fully saturated rings. The highest BCUT2D eigenvalue weighted by molar-refractivity contribution is 5.77. The number of anilines is 2. The number of benzene rings is 2. The average Bonchev–Trinajstić information content (AvgIpc) is 3.06. The summed E-state index contributed by atoms with van der Waals surface area (Å²) in [6.45, 7) is 5.00. The van der Waals surface area contributed by atoms with Gasteiger partial charge in [0.25, 0.3) is 6.01 Å². The third-order valence-electron chi connectivity index (χ3n) is 6.12. The second kappa shape index (κ2) is 8.01. The zero-order chi connectivity index (χ0) is 22.2. The van der Waals surface area contributed by atoms with Crippen LogP contribution < -0.4 is 9.64 Å². The summed E-state index contributed by atoms with van der Waals surface area (Å²) in [6, 6.07) is 19.8. The molecule has 0 bridgehead atoms. The third kappa shape index (κ3) is 3.36. The predicted molar refractivity (Wildman–Crippen MR) is 126 cm³/mol. The Morgan fingerprint density at radius 3 is 2.59 bits per heavy atom. The molecule has 6 heteroatoms. The molecule has 0 saturated carbocycles. The highest BCUT2D eigenvalue weighted by Gasteiger charge is 2.21. The SMILES string of the molecule is COc1nc2c(C)cc(C)nc2n1Cc1ccc2c(c1)CCc1ccccc1N2CC#N. The number of pyridine rings is 1. The molecule has 5 rings (SSSR count). The van der Waals surface area contributed by atoms with Crippen LogP contribution in [0.4, 0.5) is 11.4 Å². The van der Waals surface area contributed by atoms with E-state index in [1.165, 1.54) is 11.1 Å². The Kier molecular flexibility index (Phi) is 5.02. The van der Waals surface area contributed by atoms with E-state index in [1.54, 1.807) is 7.11 Å². The normalized spacial score (nSPS) is 12.8. The molecule has 0 unspecified atom stereocenters. The van der Waals surface area contributed by atoms with E-state index in [0.29, 0.717) is 19.1 Å². The number of imidazole rings is 1. The van der Waals surface area contributed by atoms with Gasteiger partial charge in [0.05, 0.1) is 19.7 Å². The quantitative estimate of drug-likeness (QED) is 0.438. The van der Waals surface area contributed by atoms with Gasteiger partial charge in [-0.3, -0.25) is 4.57 Å². The van der Waals surface area contributed by atoms with Crippen molar-refractivity contribution in [3.63, 3.8) is 0 Å². The zero-order valence-electron chi connectivity index (χ0n) is 18.6. The minimum Gasteiger partial charge on any atom is -0.468 e. The van der Waals surface area contributed by atoms with Gasteiger partial charge in [0.1, 0.15) is 12.1 Å². The highest BCUT2D eigenvalue weighted by atomic mass is 16.5. The summed E-state index contributed by atoms with van der Waals surface area (Å²) >= 11 is 0. The first-order chi connectivity index (χ1) is 15.6. The Morgan fingerprint density at radius 2 is 1.78 bits per heavy atom. The van der Waals surface area contributed by atoms with Crippen molar-refractivity contribution in [1.29, 1.82) is 5.26 Å². The summed E-state index contributed by atoms with van der Waals surface area (Å²) in [4.78, 5) is 11.5. The molecule has 3 heterocycles.